The molecular weight excluding hydrogens is 280 g/mol. The summed E-state index contributed by atoms with van der Waals surface area (Å²) in [5.41, 5.74) is 8.28. The van der Waals surface area contributed by atoms with Crippen molar-refractivity contribution >= 4 is 5.91 Å². The van der Waals surface area contributed by atoms with Crippen LogP contribution in [0, 0.1) is 5.92 Å². The Morgan fingerprint density at radius 3 is 2.77 bits per heavy atom. The van der Waals surface area contributed by atoms with E-state index in [0.717, 1.165) is 24.3 Å². The topological polar surface area (TPSA) is 75.8 Å². The highest BCUT2D eigenvalue weighted by Crippen LogP contribution is 2.24. The molecule has 1 aromatic rings. The third kappa shape index (κ3) is 3.99. The molecule has 2 unspecified atom stereocenters. The number of nitrogens with two attached hydrogens (primary N) is 1. The highest BCUT2D eigenvalue weighted by molar-refractivity contribution is 5.73. The number of amides is 1. The molecule has 0 fully saturated rings. The minimum Gasteiger partial charge on any atom is -0.491 e. The van der Waals surface area contributed by atoms with E-state index in [1.807, 2.05) is 36.9 Å². The zero-order valence-electron chi connectivity index (χ0n) is 13.6. The monoisotopic (exact) mass is 306 g/mol. The molecule has 0 radical (unpaired) electrons. The SMILES string of the molecule is CC(=O)N1CCc2cc(OCC(O)C(N)C(C)C)ccc2C1. The highest BCUT2D eigenvalue weighted by Gasteiger charge is 2.20. The highest BCUT2D eigenvalue weighted by atomic mass is 16.5. The number of hydrogen-bond acceptors (Lipinski definition) is 4. The zero-order valence-corrected chi connectivity index (χ0v) is 13.6. The summed E-state index contributed by atoms with van der Waals surface area (Å²) in [7, 11) is 0. The van der Waals surface area contributed by atoms with Crippen LogP contribution in [0.25, 0.3) is 0 Å². The van der Waals surface area contributed by atoms with Crippen LogP contribution in [-0.4, -0.2) is 41.2 Å². The van der Waals surface area contributed by atoms with Gasteiger partial charge in [0.25, 0.3) is 0 Å². The van der Waals surface area contributed by atoms with Gasteiger partial charge in [0.15, 0.2) is 0 Å². The molecule has 0 saturated heterocycles. The third-order valence-electron chi connectivity index (χ3n) is 4.27. The summed E-state index contributed by atoms with van der Waals surface area (Å²) in [4.78, 5) is 13.3. The van der Waals surface area contributed by atoms with Gasteiger partial charge in [-0.1, -0.05) is 19.9 Å². The summed E-state index contributed by atoms with van der Waals surface area (Å²) in [6, 6.07) is 5.59. The van der Waals surface area contributed by atoms with Crippen molar-refractivity contribution in [1.29, 1.82) is 0 Å². The van der Waals surface area contributed by atoms with Crippen LogP contribution in [0.2, 0.25) is 0 Å². The second kappa shape index (κ2) is 7.11. The van der Waals surface area contributed by atoms with E-state index in [1.54, 1.807) is 6.92 Å². The number of benzene rings is 1. The average Bonchev–Trinajstić information content (AvgIpc) is 2.50. The molecule has 122 valence electrons. The summed E-state index contributed by atoms with van der Waals surface area (Å²) < 4.78 is 5.67. The molecule has 0 saturated carbocycles. The van der Waals surface area contributed by atoms with Crippen molar-refractivity contribution in [3.63, 3.8) is 0 Å². The number of nitrogens with zero attached hydrogens (tertiary/aromatic N) is 1. The van der Waals surface area contributed by atoms with Crippen molar-refractivity contribution in [2.24, 2.45) is 11.7 Å². The Labute approximate surface area is 132 Å². The van der Waals surface area contributed by atoms with Gasteiger partial charge in [-0.15, -0.1) is 0 Å². The fraction of sp³-hybridized carbons (Fsp3) is 0.588. The van der Waals surface area contributed by atoms with Crippen LogP contribution in [0.4, 0.5) is 0 Å². The molecule has 0 aromatic heterocycles. The van der Waals surface area contributed by atoms with Crippen molar-refractivity contribution in [2.75, 3.05) is 13.2 Å². The summed E-state index contributed by atoms with van der Waals surface area (Å²) in [6.45, 7) is 7.15. The molecule has 2 atom stereocenters. The van der Waals surface area contributed by atoms with E-state index in [1.165, 1.54) is 5.56 Å². The molecule has 2 rings (SSSR count). The van der Waals surface area contributed by atoms with Crippen LogP contribution in [0.15, 0.2) is 18.2 Å². The first-order valence-electron chi connectivity index (χ1n) is 7.82. The van der Waals surface area contributed by atoms with Gasteiger partial charge in [0, 0.05) is 26.1 Å². The van der Waals surface area contributed by atoms with Gasteiger partial charge in [-0.25, -0.2) is 0 Å². The molecular formula is C17H26N2O3. The Balaban J connectivity index is 1.96. The Morgan fingerprint density at radius 2 is 2.14 bits per heavy atom. The van der Waals surface area contributed by atoms with Gasteiger partial charge in [-0.2, -0.15) is 0 Å². The minimum atomic E-state index is -0.677. The normalized spacial score (nSPS) is 17.1. The lowest BCUT2D eigenvalue weighted by Gasteiger charge is -2.28. The number of aliphatic hydroxyl groups is 1. The number of carbonyl (C=O) groups excluding carboxylic acids is 1. The van der Waals surface area contributed by atoms with Crippen molar-refractivity contribution in [3.05, 3.63) is 29.3 Å². The molecule has 3 N–H and O–H groups in total. The molecule has 22 heavy (non-hydrogen) atoms. The number of rotatable bonds is 5. The third-order valence-corrected chi connectivity index (χ3v) is 4.27. The molecule has 0 spiro atoms. The maximum absolute atomic E-state index is 11.4. The van der Waals surface area contributed by atoms with E-state index in [4.69, 9.17) is 10.5 Å². The predicted octanol–water partition coefficient (Wildman–Crippen LogP) is 1.31. The van der Waals surface area contributed by atoms with Gasteiger partial charge in [-0.05, 0) is 35.6 Å². The first-order valence-corrected chi connectivity index (χ1v) is 7.82. The lowest BCUT2D eigenvalue weighted by Crippen LogP contribution is -2.42. The van der Waals surface area contributed by atoms with Crippen molar-refractivity contribution in [2.45, 2.75) is 45.9 Å². The maximum Gasteiger partial charge on any atom is 0.219 e. The predicted molar refractivity (Wildman–Crippen MR) is 85.6 cm³/mol. The fourth-order valence-corrected chi connectivity index (χ4v) is 2.62. The second-order valence-electron chi connectivity index (χ2n) is 6.32. The van der Waals surface area contributed by atoms with E-state index < -0.39 is 6.10 Å². The van der Waals surface area contributed by atoms with E-state index >= 15 is 0 Å². The molecule has 1 aromatic carbocycles. The van der Waals surface area contributed by atoms with Gasteiger partial charge in [0.1, 0.15) is 18.5 Å². The lowest BCUT2D eigenvalue weighted by atomic mass is 9.99. The average molecular weight is 306 g/mol. The Morgan fingerprint density at radius 1 is 1.41 bits per heavy atom. The molecule has 5 heteroatoms. The number of carbonyl (C=O) groups is 1. The summed E-state index contributed by atoms with van der Waals surface area (Å²) in [5, 5.41) is 9.99. The molecule has 1 aliphatic rings. The van der Waals surface area contributed by atoms with Crippen LogP contribution in [0.1, 0.15) is 31.9 Å². The van der Waals surface area contributed by atoms with Crippen LogP contribution in [-0.2, 0) is 17.8 Å². The van der Waals surface area contributed by atoms with Crippen LogP contribution in [0.5, 0.6) is 5.75 Å². The Hall–Kier alpha value is -1.59. The van der Waals surface area contributed by atoms with E-state index in [-0.39, 0.29) is 24.5 Å². The Bertz CT molecular complexity index is 531. The molecule has 1 heterocycles. The van der Waals surface area contributed by atoms with Gasteiger partial charge in [0.2, 0.25) is 5.91 Å². The van der Waals surface area contributed by atoms with Crippen molar-refractivity contribution in [3.8, 4) is 5.75 Å². The first kappa shape index (κ1) is 16.8. The van der Waals surface area contributed by atoms with Crippen LogP contribution in [0.3, 0.4) is 0 Å². The number of hydrogen-bond donors (Lipinski definition) is 2. The molecule has 1 aliphatic heterocycles. The second-order valence-corrected chi connectivity index (χ2v) is 6.32. The number of aliphatic hydroxyl groups excluding tert-OH is 1. The summed E-state index contributed by atoms with van der Waals surface area (Å²) >= 11 is 0. The maximum atomic E-state index is 11.4. The number of fused-ring (bicyclic) bond motifs is 1. The van der Waals surface area contributed by atoms with Crippen molar-refractivity contribution in [1.82, 2.24) is 4.90 Å². The zero-order chi connectivity index (χ0) is 16.3. The van der Waals surface area contributed by atoms with E-state index in [2.05, 4.69) is 0 Å². The van der Waals surface area contributed by atoms with Crippen LogP contribution >= 0.6 is 0 Å². The van der Waals surface area contributed by atoms with E-state index in [9.17, 15) is 9.90 Å². The first-order chi connectivity index (χ1) is 10.4. The Kier molecular flexibility index (Phi) is 5.42. The quantitative estimate of drug-likeness (QED) is 0.860. The minimum absolute atomic E-state index is 0.108. The molecule has 1 amide bonds. The number of ether oxygens (including phenoxy) is 1. The fourth-order valence-electron chi connectivity index (χ4n) is 2.62. The van der Waals surface area contributed by atoms with Crippen molar-refractivity contribution < 1.29 is 14.6 Å². The van der Waals surface area contributed by atoms with Gasteiger partial charge in [0.05, 0.1) is 0 Å². The van der Waals surface area contributed by atoms with Gasteiger partial charge >= 0.3 is 0 Å². The largest absolute Gasteiger partial charge is 0.491 e. The molecule has 5 nitrogen and oxygen atoms in total. The summed E-state index contributed by atoms with van der Waals surface area (Å²) in [5.74, 6) is 1.06. The van der Waals surface area contributed by atoms with Gasteiger partial charge < -0.3 is 20.5 Å². The molecule has 0 aliphatic carbocycles. The molecule has 0 bridgehead atoms. The van der Waals surface area contributed by atoms with E-state index in [0.29, 0.717) is 6.54 Å². The lowest BCUT2D eigenvalue weighted by molar-refractivity contribution is -0.129. The standard InChI is InChI=1S/C17H26N2O3/c1-11(2)17(18)16(21)10-22-15-5-4-14-9-19(12(3)20)7-6-13(14)8-15/h4-5,8,11,16-17,21H,6-7,9-10,18H2,1-3H3. The summed E-state index contributed by atoms with van der Waals surface area (Å²) in [6.07, 6.45) is 0.157. The van der Waals surface area contributed by atoms with Gasteiger partial charge in [-0.3, -0.25) is 4.79 Å². The smallest absolute Gasteiger partial charge is 0.219 e. The van der Waals surface area contributed by atoms with Crippen LogP contribution < -0.4 is 10.5 Å².